The minimum atomic E-state index is 0.154. The standard InChI is InChI=1S/C13H19NO2S/c1-15-12-3-4-13(16-2)10-6-11(14)8(7-17)5-9(10)12/h3-4,8,11,17H,5-7,14H2,1-2H3/t8-,11+/m0/s1. The van der Waals surface area contributed by atoms with Gasteiger partial charge < -0.3 is 15.2 Å². The first kappa shape index (κ1) is 12.6. The minimum absolute atomic E-state index is 0.154. The fourth-order valence-electron chi connectivity index (χ4n) is 2.50. The number of thiol groups is 1. The Balaban J connectivity index is 2.46. The summed E-state index contributed by atoms with van der Waals surface area (Å²) < 4.78 is 10.8. The van der Waals surface area contributed by atoms with Gasteiger partial charge in [0, 0.05) is 17.2 Å². The second-order valence-corrected chi connectivity index (χ2v) is 4.81. The molecule has 0 fully saturated rings. The zero-order valence-corrected chi connectivity index (χ0v) is 11.2. The third-order valence-corrected chi connectivity index (χ3v) is 4.00. The van der Waals surface area contributed by atoms with E-state index in [-0.39, 0.29) is 6.04 Å². The van der Waals surface area contributed by atoms with Crippen LogP contribution in [0.25, 0.3) is 0 Å². The maximum Gasteiger partial charge on any atom is 0.122 e. The molecule has 1 aliphatic rings. The van der Waals surface area contributed by atoms with Gasteiger partial charge in [-0.15, -0.1) is 0 Å². The molecule has 3 nitrogen and oxygen atoms in total. The normalized spacial score (nSPS) is 23.1. The van der Waals surface area contributed by atoms with E-state index in [1.165, 1.54) is 11.1 Å². The van der Waals surface area contributed by atoms with Gasteiger partial charge in [-0.25, -0.2) is 0 Å². The maximum absolute atomic E-state index is 6.17. The van der Waals surface area contributed by atoms with Gasteiger partial charge in [0.05, 0.1) is 14.2 Å². The van der Waals surface area contributed by atoms with Crippen LogP contribution < -0.4 is 15.2 Å². The summed E-state index contributed by atoms with van der Waals surface area (Å²) in [5.74, 6) is 3.06. The lowest BCUT2D eigenvalue weighted by molar-refractivity contribution is 0.365. The number of rotatable bonds is 3. The average Bonchev–Trinajstić information content (AvgIpc) is 2.36. The Hall–Kier alpha value is -0.870. The molecule has 0 saturated carbocycles. The van der Waals surface area contributed by atoms with Crippen molar-refractivity contribution in [2.24, 2.45) is 11.7 Å². The van der Waals surface area contributed by atoms with Gasteiger partial charge in [-0.05, 0) is 36.6 Å². The first-order chi connectivity index (χ1) is 8.21. The summed E-state index contributed by atoms with van der Waals surface area (Å²) in [4.78, 5) is 0. The summed E-state index contributed by atoms with van der Waals surface area (Å²) >= 11 is 4.37. The number of hydrogen-bond donors (Lipinski definition) is 2. The van der Waals surface area contributed by atoms with Gasteiger partial charge in [0.15, 0.2) is 0 Å². The van der Waals surface area contributed by atoms with Gasteiger partial charge in [-0.3, -0.25) is 0 Å². The van der Waals surface area contributed by atoms with Crippen LogP contribution in [0.4, 0.5) is 0 Å². The molecule has 17 heavy (non-hydrogen) atoms. The van der Waals surface area contributed by atoms with Gasteiger partial charge in [0.2, 0.25) is 0 Å². The summed E-state index contributed by atoms with van der Waals surface area (Å²) in [6.45, 7) is 0. The molecule has 0 heterocycles. The third-order valence-electron chi connectivity index (χ3n) is 3.53. The molecular formula is C13H19NO2S. The van der Waals surface area contributed by atoms with Crippen molar-refractivity contribution < 1.29 is 9.47 Å². The van der Waals surface area contributed by atoms with Crippen LogP contribution in [0.2, 0.25) is 0 Å². The lowest BCUT2D eigenvalue weighted by Crippen LogP contribution is -2.38. The summed E-state index contributed by atoms with van der Waals surface area (Å²) in [5.41, 5.74) is 8.60. The number of benzene rings is 1. The number of hydrogen-bond acceptors (Lipinski definition) is 4. The van der Waals surface area contributed by atoms with Crippen LogP contribution in [0.1, 0.15) is 11.1 Å². The van der Waals surface area contributed by atoms with E-state index < -0.39 is 0 Å². The fraction of sp³-hybridized carbons (Fsp3) is 0.538. The van der Waals surface area contributed by atoms with Crippen LogP contribution >= 0.6 is 12.6 Å². The van der Waals surface area contributed by atoms with Crippen LogP contribution in [0.5, 0.6) is 11.5 Å². The minimum Gasteiger partial charge on any atom is -0.496 e. The Labute approximate surface area is 108 Å². The monoisotopic (exact) mass is 253 g/mol. The zero-order chi connectivity index (χ0) is 12.4. The van der Waals surface area contributed by atoms with Gasteiger partial charge in [-0.2, -0.15) is 12.6 Å². The van der Waals surface area contributed by atoms with Gasteiger partial charge in [0.1, 0.15) is 11.5 Å². The summed E-state index contributed by atoms with van der Waals surface area (Å²) in [7, 11) is 3.39. The molecule has 0 unspecified atom stereocenters. The lowest BCUT2D eigenvalue weighted by Gasteiger charge is -2.31. The van der Waals surface area contributed by atoms with Crippen molar-refractivity contribution in [1.29, 1.82) is 0 Å². The Morgan fingerprint density at radius 1 is 1.18 bits per heavy atom. The van der Waals surface area contributed by atoms with Crippen LogP contribution in [-0.4, -0.2) is 26.0 Å². The molecule has 0 saturated heterocycles. The Morgan fingerprint density at radius 3 is 2.18 bits per heavy atom. The largest absolute Gasteiger partial charge is 0.496 e. The van der Waals surface area contributed by atoms with Crippen molar-refractivity contribution in [3.63, 3.8) is 0 Å². The summed E-state index contributed by atoms with van der Waals surface area (Å²) in [6, 6.07) is 4.07. The number of nitrogens with two attached hydrogens (primary N) is 1. The van der Waals surface area contributed by atoms with E-state index >= 15 is 0 Å². The predicted octanol–water partition coefficient (Wildman–Crippen LogP) is 1.68. The van der Waals surface area contributed by atoms with Crippen molar-refractivity contribution in [2.75, 3.05) is 20.0 Å². The molecule has 2 N–H and O–H groups in total. The highest BCUT2D eigenvalue weighted by Crippen LogP contribution is 2.37. The Bertz CT molecular complexity index is 409. The SMILES string of the molecule is COc1ccc(OC)c2c1C[C@@H](CS)[C@H](N)C2. The molecule has 4 heteroatoms. The van der Waals surface area contributed by atoms with E-state index in [1.807, 2.05) is 12.1 Å². The molecule has 1 aromatic rings. The third kappa shape index (κ3) is 2.24. The van der Waals surface area contributed by atoms with Crippen LogP contribution in [0.3, 0.4) is 0 Å². The molecule has 0 amide bonds. The van der Waals surface area contributed by atoms with E-state index in [0.29, 0.717) is 5.92 Å². The first-order valence-electron chi connectivity index (χ1n) is 5.80. The van der Waals surface area contributed by atoms with Crippen molar-refractivity contribution in [3.8, 4) is 11.5 Å². The van der Waals surface area contributed by atoms with Gasteiger partial charge >= 0.3 is 0 Å². The number of fused-ring (bicyclic) bond motifs is 1. The van der Waals surface area contributed by atoms with Crippen molar-refractivity contribution in [1.82, 2.24) is 0 Å². The van der Waals surface area contributed by atoms with E-state index in [4.69, 9.17) is 15.2 Å². The first-order valence-corrected chi connectivity index (χ1v) is 6.43. The van der Waals surface area contributed by atoms with E-state index in [1.54, 1.807) is 14.2 Å². The maximum atomic E-state index is 6.17. The molecule has 0 radical (unpaired) electrons. The average molecular weight is 253 g/mol. The Morgan fingerprint density at radius 2 is 1.71 bits per heavy atom. The zero-order valence-electron chi connectivity index (χ0n) is 10.3. The van der Waals surface area contributed by atoms with E-state index in [9.17, 15) is 0 Å². The topological polar surface area (TPSA) is 44.5 Å². The fourth-order valence-corrected chi connectivity index (χ4v) is 2.90. The summed E-state index contributed by atoms with van der Waals surface area (Å²) in [5, 5.41) is 0. The van der Waals surface area contributed by atoms with Crippen molar-refractivity contribution in [2.45, 2.75) is 18.9 Å². The number of methoxy groups -OCH3 is 2. The molecular weight excluding hydrogens is 234 g/mol. The second-order valence-electron chi connectivity index (χ2n) is 4.44. The molecule has 0 bridgehead atoms. The summed E-state index contributed by atoms with van der Waals surface area (Å²) in [6.07, 6.45) is 1.75. The highest BCUT2D eigenvalue weighted by Gasteiger charge is 2.29. The second kappa shape index (κ2) is 5.19. The molecule has 0 spiro atoms. The van der Waals surface area contributed by atoms with Crippen LogP contribution in [0, 0.1) is 5.92 Å². The predicted molar refractivity (Wildman–Crippen MR) is 72.3 cm³/mol. The highest BCUT2D eigenvalue weighted by molar-refractivity contribution is 7.80. The molecule has 2 atom stereocenters. The highest BCUT2D eigenvalue weighted by atomic mass is 32.1. The number of ether oxygens (including phenoxy) is 2. The molecule has 1 aromatic carbocycles. The molecule has 94 valence electrons. The smallest absolute Gasteiger partial charge is 0.122 e. The van der Waals surface area contributed by atoms with Gasteiger partial charge in [-0.1, -0.05) is 0 Å². The molecule has 1 aliphatic carbocycles. The quantitative estimate of drug-likeness (QED) is 0.806. The van der Waals surface area contributed by atoms with E-state index in [0.717, 1.165) is 30.1 Å². The molecule has 2 rings (SSSR count). The van der Waals surface area contributed by atoms with Crippen molar-refractivity contribution >= 4 is 12.6 Å². The lowest BCUT2D eigenvalue weighted by atomic mass is 9.80. The van der Waals surface area contributed by atoms with E-state index in [2.05, 4.69) is 12.6 Å². The van der Waals surface area contributed by atoms with Crippen LogP contribution in [-0.2, 0) is 12.8 Å². The van der Waals surface area contributed by atoms with Gasteiger partial charge in [0.25, 0.3) is 0 Å². The molecule has 0 aromatic heterocycles. The molecule has 0 aliphatic heterocycles. The van der Waals surface area contributed by atoms with Crippen molar-refractivity contribution in [3.05, 3.63) is 23.3 Å². The Kier molecular flexibility index (Phi) is 3.84. The van der Waals surface area contributed by atoms with Crippen LogP contribution in [0.15, 0.2) is 12.1 Å².